The Bertz CT molecular complexity index is 419. The van der Waals surface area contributed by atoms with Crippen LogP contribution < -0.4 is 5.32 Å². The number of nitrogens with one attached hydrogen (secondary N) is 1. The van der Waals surface area contributed by atoms with Crippen LogP contribution in [-0.4, -0.2) is 31.4 Å². The van der Waals surface area contributed by atoms with E-state index in [1.807, 2.05) is 0 Å². The zero-order valence-corrected chi connectivity index (χ0v) is 12.7. The van der Waals surface area contributed by atoms with Crippen LogP contribution >= 0.6 is 0 Å². The summed E-state index contributed by atoms with van der Waals surface area (Å²) in [6.07, 6.45) is 5.71. The number of aliphatic hydroxyl groups is 1. The number of ether oxygens (including phenoxy) is 1. The highest BCUT2D eigenvalue weighted by molar-refractivity contribution is 5.18. The van der Waals surface area contributed by atoms with Gasteiger partial charge in [0.15, 0.2) is 0 Å². The molecule has 1 saturated carbocycles. The largest absolute Gasteiger partial charge is 0.387 e. The van der Waals surface area contributed by atoms with Crippen molar-refractivity contribution in [3.05, 3.63) is 35.6 Å². The van der Waals surface area contributed by atoms with E-state index in [2.05, 4.69) is 5.32 Å². The molecule has 2 N–H and O–H groups in total. The fourth-order valence-corrected chi connectivity index (χ4v) is 3.03. The molecule has 0 heterocycles. The molecule has 1 fully saturated rings. The summed E-state index contributed by atoms with van der Waals surface area (Å²) in [6, 6.07) is 6.15. The predicted molar refractivity (Wildman–Crippen MR) is 81.6 cm³/mol. The molecule has 0 saturated heterocycles. The lowest BCUT2D eigenvalue weighted by Gasteiger charge is -2.27. The zero-order valence-electron chi connectivity index (χ0n) is 12.7. The third-order valence-corrected chi connectivity index (χ3v) is 4.43. The van der Waals surface area contributed by atoms with E-state index in [4.69, 9.17) is 4.74 Å². The summed E-state index contributed by atoms with van der Waals surface area (Å²) in [5, 5.41) is 13.3. The molecular formula is C17H26FNO2. The summed E-state index contributed by atoms with van der Waals surface area (Å²) >= 11 is 0. The number of methoxy groups -OCH3 is 1. The minimum absolute atomic E-state index is 0.304. The number of benzene rings is 1. The molecule has 0 radical (unpaired) electrons. The maximum absolute atomic E-state index is 13.1. The van der Waals surface area contributed by atoms with Crippen LogP contribution in [0.25, 0.3) is 0 Å². The van der Waals surface area contributed by atoms with Crippen LogP contribution in [0.4, 0.5) is 4.39 Å². The first-order valence-corrected chi connectivity index (χ1v) is 7.86. The molecule has 21 heavy (non-hydrogen) atoms. The Hall–Kier alpha value is -0.970. The van der Waals surface area contributed by atoms with Crippen molar-refractivity contribution in [1.82, 2.24) is 5.32 Å². The molecule has 4 heteroatoms. The number of hydrogen-bond donors (Lipinski definition) is 2. The number of aliphatic hydroxyl groups excluding tert-OH is 1. The van der Waals surface area contributed by atoms with Gasteiger partial charge in [-0.15, -0.1) is 0 Å². The maximum atomic E-state index is 13.1. The molecule has 0 spiro atoms. The molecule has 0 bridgehead atoms. The summed E-state index contributed by atoms with van der Waals surface area (Å²) in [7, 11) is 1.79. The summed E-state index contributed by atoms with van der Waals surface area (Å²) < 4.78 is 18.5. The molecular weight excluding hydrogens is 269 g/mol. The molecule has 0 aliphatic heterocycles. The molecule has 1 aromatic rings. The fourth-order valence-electron chi connectivity index (χ4n) is 3.03. The van der Waals surface area contributed by atoms with Gasteiger partial charge in [-0.2, -0.15) is 0 Å². The smallest absolute Gasteiger partial charge is 0.123 e. The Kier molecular flexibility index (Phi) is 6.61. The van der Waals surface area contributed by atoms with Crippen molar-refractivity contribution in [1.29, 1.82) is 0 Å². The van der Waals surface area contributed by atoms with Crippen molar-refractivity contribution >= 4 is 0 Å². The third-order valence-electron chi connectivity index (χ3n) is 4.43. The molecule has 1 atom stereocenters. The molecule has 0 amide bonds. The monoisotopic (exact) mass is 295 g/mol. The van der Waals surface area contributed by atoms with Gasteiger partial charge in [-0.05, 0) is 62.3 Å². The second-order valence-corrected chi connectivity index (χ2v) is 5.94. The Morgan fingerprint density at radius 1 is 1.33 bits per heavy atom. The normalized spacial score (nSPS) is 24.0. The van der Waals surface area contributed by atoms with Gasteiger partial charge in [-0.25, -0.2) is 4.39 Å². The lowest BCUT2D eigenvalue weighted by atomic mass is 9.85. The van der Waals surface area contributed by atoms with Gasteiger partial charge in [0.2, 0.25) is 0 Å². The number of halogens is 1. The lowest BCUT2D eigenvalue weighted by molar-refractivity contribution is 0.0554. The van der Waals surface area contributed by atoms with Crippen LogP contribution in [0, 0.1) is 11.7 Å². The number of rotatable bonds is 7. The molecule has 1 aromatic carbocycles. The van der Waals surface area contributed by atoms with Crippen molar-refractivity contribution in [2.45, 2.75) is 44.3 Å². The minimum Gasteiger partial charge on any atom is -0.387 e. The summed E-state index contributed by atoms with van der Waals surface area (Å²) in [5.41, 5.74) is 0.628. The summed E-state index contributed by atoms with van der Waals surface area (Å²) in [6.45, 7) is 1.37. The van der Waals surface area contributed by atoms with Crippen LogP contribution in [0.3, 0.4) is 0 Å². The van der Waals surface area contributed by atoms with E-state index in [1.165, 1.54) is 25.0 Å². The van der Waals surface area contributed by atoms with Gasteiger partial charge < -0.3 is 15.2 Å². The number of hydrogen-bond acceptors (Lipinski definition) is 3. The van der Waals surface area contributed by atoms with Crippen molar-refractivity contribution in [2.24, 2.45) is 5.92 Å². The Balaban J connectivity index is 1.61. The van der Waals surface area contributed by atoms with Crippen LogP contribution in [-0.2, 0) is 4.74 Å². The highest BCUT2D eigenvalue weighted by atomic mass is 19.1. The van der Waals surface area contributed by atoms with Gasteiger partial charge in [-0.3, -0.25) is 0 Å². The van der Waals surface area contributed by atoms with E-state index < -0.39 is 6.10 Å². The molecule has 118 valence electrons. The first kappa shape index (κ1) is 16.4. The van der Waals surface area contributed by atoms with Gasteiger partial charge in [-0.1, -0.05) is 12.1 Å². The molecule has 1 unspecified atom stereocenters. The van der Waals surface area contributed by atoms with E-state index >= 15 is 0 Å². The van der Waals surface area contributed by atoms with Gasteiger partial charge in [0.1, 0.15) is 5.82 Å². The van der Waals surface area contributed by atoms with Crippen LogP contribution in [0.2, 0.25) is 0 Å². The topological polar surface area (TPSA) is 41.5 Å². The van der Waals surface area contributed by atoms with E-state index in [0.29, 0.717) is 18.2 Å². The standard InChI is InChI=1S/C17H26FNO2/c1-21-16-7-5-13(6-8-16)9-10-19-12-17(20)14-3-2-4-15(18)11-14/h2-4,11,13,16-17,19-20H,5-10,12H2,1H3. The maximum Gasteiger partial charge on any atom is 0.123 e. The highest BCUT2D eigenvalue weighted by Gasteiger charge is 2.20. The van der Waals surface area contributed by atoms with Crippen molar-refractivity contribution < 1.29 is 14.2 Å². The SMILES string of the molecule is COC1CCC(CCNCC(O)c2cccc(F)c2)CC1. The Labute approximate surface area is 126 Å². The lowest BCUT2D eigenvalue weighted by Crippen LogP contribution is -2.26. The van der Waals surface area contributed by atoms with E-state index in [9.17, 15) is 9.50 Å². The average molecular weight is 295 g/mol. The van der Waals surface area contributed by atoms with E-state index in [1.54, 1.807) is 19.2 Å². The van der Waals surface area contributed by atoms with Gasteiger partial charge >= 0.3 is 0 Å². The zero-order chi connectivity index (χ0) is 15.1. The molecule has 0 aromatic heterocycles. The van der Waals surface area contributed by atoms with Crippen molar-refractivity contribution in [3.63, 3.8) is 0 Å². The minimum atomic E-state index is -0.648. The van der Waals surface area contributed by atoms with Gasteiger partial charge in [0.05, 0.1) is 12.2 Å². The van der Waals surface area contributed by atoms with Crippen molar-refractivity contribution in [2.75, 3.05) is 20.2 Å². The van der Waals surface area contributed by atoms with Crippen LogP contribution in [0.1, 0.15) is 43.8 Å². The van der Waals surface area contributed by atoms with Crippen LogP contribution in [0.15, 0.2) is 24.3 Å². The predicted octanol–water partition coefficient (Wildman–Crippen LogP) is 3.04. The second-order valence-electron chi connectivity index (χ2n) is 5.94. The molecule has 1 aliphatic rings. The Morgan fingerprint density at radius 3 is 2.76 bits per heavy atom. The third kappa shape index (κ3) is 5.38. The molecule has 1 aliphatic carbocycles. The first-order valence-electron chi connectivity index (χ1n) is 7.86. The van der Waals surface area contributed by atoms with E-state index in [0.717, 1.165) is 31.7 Å². The first-order chi connectivity index (χ1) is 10.2. The highest BCUT2D eigenvalue weighted by Crippen LogP contribution is 2.27. The summed E-state index contributed by atoms with van der Waals surface area (Å²) in [5.74, 6) is 0.455. The van der Waals surface area contributed by atoms with Gasteiger partial charge in [0.25, 0.3) is 0 Å². The van der Waals surface area contributed by atoms with Crippen LogP contribution in [0.5, 0.6) is 0 Å². The average Bonchev–Trinajstić information content (AvgIpc) is 2.52. The molecule has 3 nitrogen and oxygen atoms in total. The summed E-state index contributed by atoms with van der Waals surface area (Å²) in [4.78, 5) is 0. The van der Waals surface area contributed by atoms with Gasteiger partial charge in [0, 0.05) is 13.7 Å². The second kappa shape index (κ2) is 8.47. The molecule has 2 rings (SSSR count). The quantitative estimate of drug-likeness (QED) is 0.760. The van der Waals surface area contributed by atoms with Crippen molar-refractivity contribution in [3.8, 4) is 0 Å². The van der Waals surface area contributed by atoms with E-state index in [-0.39, 0.29) is 5.82 Å². The Morgan fingerprint density at radius 2 is 2.10 bits per heavy atom. The fraction of sp³-hybridized carbons (Fsp3) is 0.647.